The van der Waals surface area contributed by atoms with Crippen LogP contribution in [0.2, 0.25) is 0 Å². The fourth-order valence-electron chi connectivity index (χ4n) is 3.78. The summed E-state index contributed by atoms with van der Waals surface area (Å²) in [7, 11) is 1.93. The van der Waals surface area contributed by atoms with E-state index >= 15 is 0 Å². The first-order valence-corrected chi connectivity index (χ1v) is 9.75. The van der Waals surface area contributed by atoms with E-state index < -0.39 is 0 Å². The highest BCUT2D eigenvalue weighted by atomic mass is 16.1. The Balaban J connectivity index is 1.38. The van der Waals surface area contributed by atoms with Gasteiger partial charge < -0.3 is 10.3 Å². The van der Waals surface area contributed by atoms with Crippen molar-refractivity contribution in [2.45, 2.75) is 26.3 Å². The Hall–Kier alpha value is -3.05. The smallest absolute Gasteiger partial charge is 0.276 e. The summed E-state index contributed by atoms with van der Waals surface area (Å²) in [6.45, 7) is 3.47. The molecule has 28 heavy (non-hydrogen) atoms. The molecule has 5 nitrogen and oxygen atoms in total. The van der Waals surface area contributed by atoms with Crippen molar-refractivity contribution in [1.82, 2.24) is 19.7 Å². The zero-order chi connectivity index (χ0) is 19.5. The highest BCUT2D eigenvalue weighted by Crippen LogP contribution is 2.18. The molecule has 0 saturated heterocycles. The molecule has 0 fully saturated rings. The van der Waals surface area contributed by atoms with Crippen LogP contribution in [-0.4, -0.2) is 20.9 Å². The van der Waals surface area contributed by atoms with E-state index in [0.29, 0.717) is 6.54 Å². The number of nitrogens with one attached hydrogen (secondary N) is 2. The largest absolute Gasteiger partial charge is 0.361 e. The van der Waals surface area contributed by atoms with Crippen molar-refractivity contribution < 1.29 is 0 Å². The van der Waals surface area contributed by atoms with Crippen LogP contribution in [0.15, 0.2) is 65.6 Å². The van der Waals surface area contributed by atoms with Gasteiger partial charge in [-0.3, -0.25) is 9.48 Å². The number of fused-ring (bicyclic) bond motifs is 1. The second-order valence-corrected chi connectivity index (χ2v) is 7.18. The summed E-state index contributed by atoms with van der Waals surface area (Å²) < 4.78 is 3.67. The molecule has 4 aromatic rings. The van der Waals surface area contributed by atoms with Crippen molar-refractivity contribution in [2.75, 3.05) is 6.54 Å². The van der Waals surface area contributed by atoms with Crippen LogP contribution in [0, 0.1) is 6.92 Å². The Morgan fingerprint density at radius 2 is 1.79 bits per heavy atom. The molecule has 4 rings (SSSR count). The van der Waals surface area contributed by atoms with E-state index in [0.717, 1.165) is 36.3 Å². The molecule has 2 heterocycles. The lowest BCUT2D eigenvalue weighted by atomic mass is 10.1. The molecule has 0 atom stereocenters. The Labute approximate surface area is 164 Å². The molecule has 0 radical (unpaired) electrons. The molecular formula is C23H26N4O. The molecule has 5 heteroatoms. The van der Waals surface area contributed by atoms with E-state index in [1.54, 1.807) is 4.68 Å². The van der Waals surface area contributed by atoms with Crippen molar-refractivity contribution >= 4 is 10.9 Å². The molecule has 144 valence electrons. The van der Waals surface area contributed by atoms with Crippen LogP contribution >= 0.6 is 0 Å². The lowest BCUT2D eigenvalue weighted by molar-refractivity contribution is 0.629. The van der Waals surface area contributed by atoms with E-state index in [1.807, 2.05) is 49.0 Å². The summed E-state index contributed by atoms with van der Waals surface area (Å²) in [5.41, 5.74) is 5.31. The van der Waals surface area contributed by atoms with Crippen molar-refractivity contribution in [3.63, 3.8) is 0 Å². The van der Waals surface area contributed by atoms with E-state index in [4.69, 9.17) is 0 Å². The van der Waals surface area contributed by atoms with Gasteiger partial charge in [-0.05, 0) is 50.1 Å². The number of hydrogen-bond acceptors (Lipinski definition) is 2. The zero-order valence-electron chi connectivity index (χ0n) is 16.4. The molecule has 0 aliphatic rings. The van der Waals surface area contributed by atoms with Crippen LogP contribution in [0.25, 0.3) is 16.6 Å². The Morgan fingerprint density at radius 3 is 2.61 bits per heavy atom. The van der Waals surface area contributed by atoms with Crippen LogP contribution in [0.5, 0.6) is 0 Å². The number of aromatic nitrogens is 3. The third kappa shape index (κ3) is 3.41. The maximum atomic E-state index is 12.9. The SMILES string of the molecule is Cc1c(CNCCCc2c[nH]c3ccccc23)c(=O)n(-c2ccccc2)n1C. The van der Waals surface area contributed by atoms with Gasteiger partial charge in [0.1, 0.15) is 0 Å². The van der Waals surface area contributed by atoms with Crippen molar-refractivity contribution in [3.05, 3.63) is 88.0 Å². The van der Waals surface area contributed by atoms with Gasteiger partial charge in [-0.15, -0.1) is 0 Å². The number of benzene rings is 2. The Morgan fingerprint density at radius 1 is 1.04 bits per heavy atom. The van der Waals surface area contributed by atoms with E-state index in [9.17, 15) is 4.79 Å². The van der Waals surface area contributed by atoms with Gasteiger partial charge in [0.25, 0.3) is 5.56 Å². The monoisotopic (exact) mass is 374 g/mol. The number of aromatic amines is 1. The topological polar surface area (TPSA) is 54.8 Å². The molecule has 2 aromatic heterocycles. The number of aryl methyl sites for hydroxylation is 1. The summed E-state index contributed by atoms with van der Waals surface area (Å²) in [4.78, 5) is 16.2. The first-order valence-electron chi connectivity index (χ1n) is 9.75. The Bertz CT molecular complexity index is 1130. The third-order valence-electron chi connectivity index (χ3n) is 5.45. The maximum Gasteiger partial charge on any atom is 0.276 e. The number of rotatable bonds is 7. The van der Waals surface area contributed by atoms with Crippen LogP contribution < -0.4 is 10.9 Å². The molecule has 0 aliphatic heterocycles. The minimum atomic E-state index is 0.0512. The molecule has 0 spiro atoms. The summed E-state index contributed by atoms with van der Waals surface area (Å²) in [6, 6.07) is 18.2. The molecule has 0 amide bonds. The lowest BCUT2D eigenvalue weighted by Gasteiger charge is -2.07. The van der Waals surface area contributed by atoms with Crippen molar-refractivity contribution in [2.24, 2.45) is 7.05 Å². The molecule has 0 saturated carbocycles. The predicted molar refractivity (Wildman–Crippen MR) is 114 cm³/mol. The normalized spacial score (nSPS) is 11.4. The highest BCUT2D eigenvalue weighted by molar-refractivity contribution is 5.82. The molecule has 0 unspecified atom stereocenters. The van der Waals surface area contributed by atoms with Gasteiger partial charge in [0, 0.05) is 36.4 Å². The van der Waals surface area contributed by atoms with Crippen molar-refractivity contribution in [1.29, 1.82) is 0 Å². The fourth-order valence-corrected chi connectivity index (χ4v) is 3.78. The second kappa shape index (κ2) is 7.90. The minimum absolute atomic E-state index is 0.0512. The quantitative estimate of drug-likeness (QED) is 0.485. The van der Waals surface area contributed by atoms with Gasteiger partial charge in [-0.1, -0.05) is 36.4 Å². The second-order valence-electron chi connectivity index (χ2n) is 7.18. The predicted octanol–water partition coefficient (Wildman–Crippen LogP) is 3.69. The van der Waals surface area contributed by atoms with Gasteiger partial charge in [-0.25, -0.2) is 4.68 Å². The standard InChI is InChI=1S/C23H26N4O/c1-17-21(23(28)27(26(17)2)19-10-4-3-5-11-19)16-24-14-8-9-18-15-25-22-13-7-6-12-20(18)22/h3-7,10-13,15,24-25H,8-9,14,16H2,1-2H3. The van der Waals surface area contributed by atoms with Gasteiger partial charge in [0.2, 0.25) is 0 Å². The van der Waals surface area contributed by atoms with Gasteiger partial charge in [0.15, 0.2) is 0 Å². The first kappa shape index (κ1) is 18.3. The molecule has 0 aliphatic carbocycles. The van der Waals surface area contributed by atoms with E-state index in [-0.39, 0.29) is 5.56 Å². The van der Waals surface area contributed by atoms with E-state index in [2.05, 4.69) is 40.8 Å². The average Bonchev–Trinajstić information content (AvgIpc) is 3.22. The molecular weight excluding hydrogens is 348 g/mol. The fraction of sp³-hybridized carbons (Fsp3) is 0.261. The number of hydrogen-bond donors (Lipinski definition) is 2. The number of para-hydroxylation sites is 2. The molecule has 2 N–H and O–H groups in total. The minimum Gasteiger partial charge on any atom is -0.361 e. The lowest BCUT2D eigenvalue weighted by Crippen LogP contribution is -2.24. The van der Waals surface area contributed by atoms with Crippen molar-refractivity contribution in [3.8, 4) is 5.69 Å². The zero-order valence-corrected chi connectivity index (χ0v) is 16.4. The average molecular weight is 374 g/mol. The highest BCUT2D eigenvalue weighted by Gasteiger charge is 2.15. The van der Waals surface area contributed by atoms with Crippen LogP contribution in [-0.2, 0) is 20.0 Å². The maximum absolute atomic E-state index is 12.9. The number of H-pyrrole nitrogens is 1. The van der Waals surface area contributed by atoms with Crippen LogP contribution in [0.3, 0.4) is 0 Å². The van der Waals surface area contributed by atoms with E-state index in [1.165, 1.54) is 16.5 Å². The summed E-state index contributed by atoms with van der Waals surface area (Å²) in [5.74, 6) is 0. The van der Waals surface area contributed by atoms with Gasteiger partial charge >= 0.3 is 0 Å². The molecule has 0 bridgehead atoms. The summed E-state index contributed by atoms with van der Waals surface area (Å²) in [5, 5.41) is 4.75. The van der Waals surface area contributed by atoms with Gasteiger partial charge in [-0.2, -0.15) is 0 Å². The summed E-state index contributed by atoms with van der Waals surface area (Å²) >= 11 is 0. The molecule has 2 aromatic carbocycles. The number of nitrogens with zero attached hydrogens (tertiary/aromatic N) is 2. The third-order valence-corrected chi connectivity index (χ3v) is 5.45. The van der Waals surface area contributed by atoms with Crippen LogP contribution in [0.4, 0.5) is 0 Å². The summed E-state index contributed by atoms with van der Waals surface area (Å²) in [6.07, 6.45) is 4.14. The van der Waals surface area contributed by atoms with Gasteiger partial charge in [0.05, 0.1) is 11.3 Å². The van der Waals surface area contributed by atoms with Crippen LogP contribution in [0.1, 0.15) is 23.2 Å². The Kier molecular flexibility index (Phi) is 5.17. The first-order chi connectivity index (χ1) is 13.7.